The molecule has 25 heavy (non-hydrogen) atoms. The molecule has 2 aliphatic rings. The third-order valence-corrected chi connectivity index (χ3v) is 5.22. The summed E-state index contributed by atoms with van der Waals surface area (Å²) in [4.78, 5) is 17.5. The summed E-state index contributed by atoms with van der Waals surface area (Å²) < 4.78 is 5.27. The lowest BCUT2D eigenvalue weighted by molar-refractivity contribution is 0.0985. The van der Waals surface area contributed by atoms with Crippen LogP contribution in [0.4, 0.5) is 11.4 Å². The lowest BCUT2D eigenvalue weighted by Gasteiger charge is -2.31. The van der Waals surface area contributed by atoms with Crippen molar-refractivity contribution in [3.63, 3.8) is 0 Å². The van der Waals surface area contributed by atoms with Crippen molar-refractivity contribution >= 4 is 17.3 Å². The molecule has 0 spiro atoms. The van der Waals surface area contributed by atoms with Crippen molar-refractivity contribution in [2.45, 2.75) is 25.7 Å². The predicted molar refractivity (Wildman–Crippen MR) is 101 cm³/mol. The molecule has 1 fully saturated rings. The molecule has 0 N–H and O–H groups in total. The lowest BCUT2D eigenvalue weighted by atomic mass is 9.99. The van der Waals surface area contributed by atoms with E-state index in [1.165, 1.54) is 24.1 Å². The van der Waals surface area contributed by atoms with Gasteiger partial charge in [0.25, 0.3) is 5.91 Å². The molecule has 2 heterocycles. The van der Waals surface area contributed by atoms with Crippen molar-refractivity contribution in [1.29, 1.82) is 0 Å². The van der Waals surface area contributed by atoms with Gasteiger partial charge in [-0.1, -0.05) is 12.1 Å². The molecule has 0 atom stereocenters. The van der Waals surface area contributed by atoms with Gasteiger partial charge in [0.2, 0.25) is 0 Å². The monoisotopic (exact) mass is 336 g/mol. The summed E-state index contributed by atoms with van der Waals surface area (Å²) in [6.07, 6.45) is 4.55. The van der Waals surface area contributed by atoms with Gasteiger partial charge in [-0.2, -0.15) is 0 Å². The number of hydrogen-bond donors (Lipinski definition) is 0. The minimum atomic E-state index is 0.0541. The molecule has 0 radical (unpaired) electrons. The van der Waals surface area contributed by atoms with Crippen molar-refractivity contribution < 1.29 is 9.53 Å². The van der Waals surface area contributed by atoms with Gasteiger partial charge in [-0.25, -0.2) is 0 Å². The van der Waals surface area contributed by atoms with Crippen molar-refractivity contribution in [1.82, 2.24) is 0 Å². The van der Waals surface area contributed by atoms with Gasteiger partial charge in [-0.15, -0.1) is 0 Å². The zero-order chi connectivity index (χ0) is 17.2. The van der Waals surface area contributed by atoms with Gasteiger partial charge in [-0.05, 0) is 61.6 Å². The molecular formula is C21H24N2O2. The fraction of sp³-hybridized carbons (Fsp3) is 0.381. The predicted octanol–water partition coefficient (Wildman–Crippen LogP) is 3.89. The van der Waals surface area contributed by atoms with Crippen LogP contribution in [0.3, 0.4) is 0 Å². The zero-order valence-electron chi connectivity index (χ0n) is 14.7. The SMILES string of the molecule is COc1cccc(C(=O)N2CCCc3ccc(N4CCCC4)cc32)c1. The Bertz CT molecular complexity index is 781. The second-order valence-electron chi connectivity index (χ2n) is 6.80. The van der Waals surface area contributed by atoms with Crippen molar-refractivity contribution in [3.8, 4) is 5.75 Å². The van der Waals surface area contributed by atoms with Crippen LogP contribution in [0.15, 0.2) is 42.5 Å². The van der Waals surface area contributed by atoms with Crippen LogP contribution in [-0.2, 0) is 6.42 Å². The van der Waals surface area contributed by atoms with Crippen LogP contribution in [0.2, 0.25) is 0 Å². The Hall–Kier alpha value is -2.49. The Kier molecular flexibility index (Phi) is 4.35. The standard InChI is InChI=1S/C21H24N2O2/c1-25-19-8-4-6-17(14-19)21(24)23-13-5-7-16-9-10-18(15-20(16)23)22-11-2-3-12-22/h4,6,8-10,14-15H,2-3,5,7,11-13H2,1H3. The van der Waals surface area contributed by atoms with Crippen LogP contribution in [0, 0.1) is 0 Å². The third kappa shape index (κ3) is 3.09. The highest BCUT2D eigenvalue weighted by molar-refractivity contribution is 6.07. The van der Waals surface area contributed by atoms with Gasteiger partial charge >= 0.3 is 0 Å². The van der Waals surface area contributed by atoms with E-state index in [-0.39, 0.29) is 5.91 Å². The molecule has 2 aliphatic heterocycles. The van der Waals surface area contributed by atoms with Crippen molar-refractivity contribution in [2.75, 3.05) is 36.5 Å². The summed E-state index contributed by atoms with van der Waals surface area (Å²) in [5, 5.41) is 0. The molecule has 130 valence electrons. The van der Waals surface area contributed by atoms with Crippen LogP contribution in [0.5, 0.6) is 5.75 Å². The lowest BCUT2D eigenvalue weighted by Crippen LogP contribution is -2.35. The molecule has 4 heteroatoms. The molecule has 1 saturated heterocycles. The second-order valence-corrected chi connectivity index (χ2v) is 6.80. The normalized spacial score (nSPS) is 16.7. The average Bonchev–Trinajstić information content (AvgIpc) is 3.21. The van der Waals surface area contributed by atoms with Crippen LogP contribution in [0.1, 0.15) is 35.2 Å². The van der Waals surface area contributed by atoms with E-state index in [4.69, 9.17) is 4.74 Å². The minimum absolute atomic E-state index is 0.0541. The third-order valence-electron chi connectivity index (χ3n) is 5.22. The smallest absolute Gasteiger partial charge is 0.258 e. The number of carbonyl (C=O) groups excluding carboxylic acids is 1. The molecule has 0 bridgehead atoms. The Morgan fingerprint density at radius 2 is 1.84 bits per heavy atom. The number of fused-ring (bicyclic) bond motifs is 1. The molecule has 2 aromatic carbocycles. The number of rotatable bonds is 3. The van der Waals surface area contributed by atoms with Crippen LogP contribution in [0.25, 0.3) is 0 Å². The Balaban J connectivity index is 1.67. The largest absolute Gasteiger partial charge is 0.497 e. The highest BCUT2D eigenvalue weighted by Crippen LogP contribution is 2.33. The molecule has 0 saturated carbocycles. The quantitative estimate of drug-likeness (QED) is 0.852. The van der Waals surface area contributed by atoms with Crippen LogP contribution >= 0.6 is 0 Å². The molecule has 0 aromatic heterocycles. The summed E-state index contributed by atoms with van der Waals surface area (Å²) in [6, 6.07) is 14.0. The first-order chi connectivity index (χ1) is 12.3. The Morgan fingerprint density at radius 1 is 1.00 bits per heavy atom. The fourth-order valence-corrected chi connectivity index (χ4v) is 3.86. The first kappa shape index (κ1) is 16.0. The van der Waals surface area contributed by atoms with Crippen LogP contribution < -0.4 is 14.5 Å². The maximum Gasteiger partial charge on any atom is 0.258 e. The van der Waals surface area contributed by atoms with Gasteiger partial charge in [0.15, 0.2) is 0 Å². The second kappa shape index (κ2) is 6.79. The fourth-order valence-electron chi connectivity index (χ4n) is 3.86. The van der Waals surface area contributed by atoms with Crippen LogP contribution in [-0.4, -0.2) is 32.7 Å². The average molecular weight is 336 g/mol. The molecule has 1 amide bonds. The van der Waals surface area contributed by atoms with E-state index in [1.807, 2.05) is 29.2 Å². The van der Waals surface area contributed by atoms with E-state index in [2.05, 4.69) is 23.1 Å². The zero-order valence-corrected chi connectivity index (χ0v) is 14.7. The number of anilines is 2. The molecule has 0 aliphatic carbocycles. The minimum Gasteiger partial charge on any atom is -0.497 e. The molecule has 0 unspecified atom stereocenters. The van der Waals surface area contributed by atoms with E-state index < -0.39 is 0 Å². The molecular weight excluding hydrogens is 312 g/mol. The highest BCUT2D eigenvalue weighted by atomic mass is 16.5. The van der Waals surface area contributed by atoms with Crippen molar-refractivity contribution in [2.24, 2.45) is 0 Å². The first-order valence-electron chi connectivity index (χ1n) is 9.10. The summed E-state index contributed by atoms with van der Waals surface area (Å²) in [5.41, 5.74) is 4.26. The van der Waals surface area contributed by atoms with Gasteiger partial charge in [0.1, 0.15) is 5.75 Å². The summed E-state index contributed by atoms with van der Waals surface area (Å²) >= 11 is 0. The van der Waals surface area contributed by atoms with Crippen molar-refractivity contribution in [3.05, 3.63) is 53.6 Å². The molecule has 2 aromatic rings. The van der Waals surface area contributed by atoms with E-state index in [0.29, 0.717) is 11.3 Å². The van der Waals surface area contributed by atoms with Gasteiger partial charge in [-0.3, -0.25) is 4.79 Å². The topological polar surface area (TPSA) is 32.8 Å². The summed E-state index contributed by atoms with van der Waals surface area (Å²) in [7, 11) is 1.63. The first-order valence-corrected chi connectivity index (χ1v) is 9.10. The number of carbonyl (C=O) groups is 1. The number of aryl methyl sites for hydroxylation is 1. The maximum atomic E-state index is 13.1. The Labute approximate surface area is 149 Å². The number of hydrogen-bond acceptors (Lipinski definition) is 3. The molecule has 4 nitrogen and oxygen atoms in total. The van der Waals surface area contributed by atoms with E-state index in [1.54, 1.807) is 7.11 Å². The highest BCUT2D eigenvalue weighted by Gasteiger charge is 2.25. The number of nitrogens with zero attached hydrogens (tertiary/aromatic N) is 2. The maximum absolute atomic E-state index is 13.1. The summed E-state index contributed by atoms with van der Waals surface area (Å²) in [5.74, 6) is 0.771. The summed E-state index contributed by atoms with van der Waals surface area (Å²) in [6.45, 7) is 3.00. The van der Waals surface area contributed by atoms with E-state index in [0.717, 1.165) is 38.2 Å². The number of methoxy groups -OCH3 is 1. The van der Waals surface area contributed by atoms with E-state index >= 15 is 0 Å². The van der Waals surface area contributed by atoms with E-state index in [9.17, 15) is 4.79 Å². The molecule has 4 rings (SSSR count). The Morgan fingerprint density at radius 3 is 2.64 bits per heavy atom. The van der Waals surface area contributed by atoms with Gasteiger partial charge < -0.3 is 14.5 Å². The van der Waals surface area contributed by atoms with Gasteiger partial charge in [0, 0.05) is 36.6 Å². The number of amides is 1. The van der Waals surface area contributed by atoms with Gasteiger partial charge in [0.05, 0.1) is 7.11 Å². The number of benzene rings is 2. The number of ether oxygens (including phenoxy) is 1.